The van der Waals surface area contributed by atoms with E-state index in [9.17, 15) is 4.79 Å². The number of hydrogen-bond donors (Lipinski definition) is 2. The number of hydrogen-bond acceptors (Lipinski definition) is 6. The molecule has 0 heterocycles. The molecule has 1 atom stereocenters. The van der Waals surface area contributed by atoms with Crippen LogP contribution in [0.5, 0.6) is 0 Å². The number of carboxylic acid groups (broad SMARTS) is 1. The predicted octanol–water partition coefficient (Wildman–Crippen LogP) is -1.89. The molecular weight excluding hydrogens is 239 g/mol. The van der Waals surface area contributed by atoms with Gasteiger partial charge in [-0.05, 0) is 6.92 Å². The normalized spacial score (nSPS) is 11.7. The van der Waals surface area contributed by atoms with Gasteiger partial charge in [-0.1, -0.05) is 0 Å². The van der Waals surface area contributed by atoms with Crippen molar-refractivity contribution >= 4 is 16.4 Å². The monoisotopic (exact) mass is 244 g/mol. The Balaban J connectivity index is -0.000000126. The Bertz CT molecular complexity index is 199. The minimum atomic E-state index is -5.17. The van der Waals surface area contributed by atoms with E-state index in [0.29, 0.717) is 0 Å². The molecule has 2 N–H and O–H groups in total. The molecule has 0 saturated heterocycles. The van der Waals surface area contributed by atoms with E-state index in [1.165, 1.54) is 6.92 Å². The van der Waals surface area contributed by atoms with Crippen molar-refractivity contribution in [2.75, 3.05) is 0 Å². The molecular formula is C3H6NiO7S. The van der Waals surface area contributed by atoms with Crippen LogP contribution in [0.4, 0.5) is 0 Å². The van der Waals surface area contributed by atoms with E-state index >= 15 is 0 Å². The van der Waals surface area contributed by atoms with Crippen molar-refractivity contribution in [1.29, 1.82) is 0 Å². The fraction of sp³-hybridized carbons (Fsp3) is 0.667. The summed E-state index contributed by atoms with van der Waals surface area (Å²) in [6.07, 6.45) is -1.23. The first-order valence-corrected chi connectivity index (χ1v) is 3.55. The summed E-state index contributed by atoms with van der Waals surface area (Å²) >= 11 is 0. The number of aliphatic hydroxyl groups excluding tert-OH is 1. The third-order valence-corrected chi connectivity index (χ3v) is 0.357. The summed E-state index contributed by atoms with van der Waals surface area (Å²) in [5.41, 5.74) is 0. The first-order valence-electron chi connectivity index (χ1n) is 2.22. The number of rotatable bonds is 1. The van der Waals surface area contributed by atoms with E-state index in [0.717, 1.165) is 0 Å². The fourth-order valence-corrected chi connectivity index (χ4v) is 0. The van der Waals surface area contributed by atoms with E-state index in [1.807, 2.05) is 0 Å². The van der Waals surface area contributed by atoms with Gasteiger partial charge in [0.2, 0.25) is 0 Å². The summed E-state index contributed by atoms with van der Waals surface area (Å²) in [5.74, 6) is -1.19. The van der Waals surface area contributed by atoms with Crippen LogP contribution in [0, 0.1) is 0 Å². The van der Waals surface area contributed by atoms with Gasteiger partial charge < -0.3 is 19.3 Å². The average Bonchev–Trinajstić information content (AvgIpc) is 1.59. The van der Waals surface area contributed by atoms with E-state index < -0.39 is 22.5 Å². The molecule has 0 radical (unpaired) electrons. The molecule has 0 aromatic carbocycles. The van der Waals surface area contributed by atoms with Gasteiger partial charge in [-0.15, -0.1) is 0 Å². The molecule has 0 aromatic heterocycles. The first kappa shape index (κ1) is 17.8. The summed E-state index contributed by atoms with van der Waals surface area (Å²) in [6.45, 7) is 1.20. The predicted molar refractivity (Wildman–Crippen MR) is 29.8 cm³/mol. The second-order valence-corrected chi connectivity index (χ2v) is 2.24. The number of aliphatic carboxylic acids is 1. The van der Waals surface area contributed by atoms with Crippen LogP contribution in [0.15, 0.2) is 0 Å². The number of aliphatic hydroxyl groups is 1. The smallest absolute Gasteiger partial charge is 0.759 e. The summed E-state index contributed by atoms with van der Waals surface area (Å²) < 4.78 is 34.1. The number of carboxylic acids is 1. The molecule has 0 amide bonds. The largest absolute Gasteiger partial charge is 2.00 e. The van der Waals surface area contributed by atoms with Crippen molar-refractivity contribution in [3.8, 4) is 0 Å². The molecule has 1 unspecified atom stereocenters. The Morgan fingerprint density at radius 1 is 1.42 bits per heavy atom. The Kier molecular flexibility index (Phi) is 11.0. The van der Waals surface area contributed by atoms with E-state index in [2.05, 4.69) is 0 Å². The van der Waals surface area contributed by atoms with Crippen LogP contribution >= 0.6 is 0 Å². The molecule has 0 rings (SSSR count). The van der Waals surface area contributed by atoms with Crippen molar-refractivity contribution in [3.05, 3.63) is 0 Å². The standard InChI is InChI=1S/C3H6O3.Ni.H2O4S/c1-2(4)3(5)6;;1-5(2,3)4/h2,4H,1H3,(H,5,6);;(H2,1,2,3,4)/q;+2;/p-2. The maximum Gasteiger partial charge on any atom is 2.00 e. The molecule has 12 heavy (non-hydrogen) atoms. The molecule has 0 spiro atoms. The topological polar surface area (TPSA) is 138 Å². The van der Waals surface area contributed by atoms with Gasteiger partial charge in [-0.3, -0.25) is 8.42 Å². The second-order valence-electron chi connectivity index (χ2n) is 1.42. The van der Waals surface area contributed by atoms with Crippen LogP contribution in [0.25, 0.3) is 0 Å². The summed E-state index contributed by atoms with van der Waals surface area (Å²) in [7, 11) is -5.17. The SMILES string of the molecule is CC(O)C(=O)O.O=S(=O)([O-])[O-].[Ni+2]. The van der Waals surface area contributed by atoms with Crippen molar-refractivity contribution in [2.45, 2.75) is 13.0 Å². The van der Waals surface area contributed by atoms with Crippen LogP contribution in [0.3, 0.4) is 0 Å². The molecule has 0 aliphatic carbocycles. The summed E-state index contributed by atoms with van der Waals surface area (Å²) in [6, 6.07) is 0. The van der Waals surface area contributed by atoms with Crippen molar-refractivity contribution < 1.29 is 49.0 Å². The molecule has 0 bridgehead atoms. The third kappa shape index (κ3) is 52.6. The van der Waals surface area contributed by atoms with Crippen molar-refractivity contribution in [2.24, 2.45) is 0 Å². The average molecular weight is 245 g/mol. The molecule has 0 fully saturated rings. The molecule has 0 aliphatic rings. The van der Waals surface area contributed by atoms with Crippen LogP contribution in [0.1, 0.15) is 6.92 Å². The first-order chi connectivity index (χ1) is 4.64. The summed E-state index contributed by atoms with van der Waals surface area (Å²) in [5, 5.41) is 15.8. The minimum absolute atomic E-state index is 0. The van der Waals surface area contributed by atoms with Gasteiger partial charge in [0.15, 0.2) is 0 Å². The zero-order valence-corrected chi connectivity index (χ0v) is 7.54. The fourth-order valence-electron chi connectivity index (χ4n) is 0. The molecule has 0 aliphatic heterocycles. The zero-order chi connectivity index (χ0) is 9.65. The quantitative estimate of drug-likeness (QED) is 0.312. The maximum atomic E-state index is 9.45. The Labute approximate surface area is 78.9 Å². The van der Waals surface area contributed by atoms with E-state index in [1.54, 1.807) is 0 Å². The van der Waals surface area contributed by atoms with Gasteiger partial charge >= 0.3 is 22.5 Å². The van der Waals surface area contributed by atoms with Gasteiger partial charge in [0.1, 0.15) is 6.10 Å². The van der Waals surface area contributed by atoms with E-state index in [4.69, 9.17) is 27.7 Å². The van der Waals surface area contributed by atoms with Crippen molar-refractivity contribution in [1.82, 2.24) is 0 Å². The van der Waals surface area contributed by atoms with Crippen molar-refractivity contribution in [3.63, 3.8) is 0 Å². The zero-order valence-electron chi connectivity index (χ0n) is 5.74. The van der Waals surface area contributed by atoms with Gasteiger partial charge in [0, 0.05) is 10.4 Å². The summed E-state index contributed by atoms with van der Waals surface area (Å²) in [4.78, 5) is 9.45. The third-order valence-electron chi connectivity index (χ3n) is 0.357. The molecule has 7 nitrogen and oxygen atoms in total. The van der Waals surface area contributed by atoms with Gasteiger partial charge in [-0.25, -0.2) is 4.79 Å². The van der Waals surface area contributed by atoms with Crippen LogP contribution in [-0.2, 0) is 31.7 Å². The molecule has 9 heteroatoms. The second kappa shape index (κ2) is 7.44. The Hall–Kier alpha value is -0.206. The number of carbonyl (C=O) groups is 1. The molecule has 76 valence electrons. The van der Waals surface area contributed by atoms with Gasteiger partial charge in [-0.2, -0.15) is 0 Å². The van der Waals surface area contributed by atoms with Crippen LogP contribution in [-0.4, -0.2) is 39.8 Å². The van der Waals surface area contributed by atoms with Gasteiger partial charge in [0.05, 0.1) is 0 Å². The Morgan fingerprint density at radius 2 is 1.50 bits per heavy atom. The van der Waals surface area contributed by atoms with E-state index in [-0.39, 0.29) is 16.5 Å². The van der Waals surface area contributed by atoms with Gasteiger partial charge in [0.25, 0.3) is 0 Å². The minimum Gasteiger partial charge on any atom is -0.759 e. The molecule has 0 saturated carbocycles. The maximum absolute atomic E-state index is 9.45. The Morgan fingerprint density at radius 3 is 1.50 bits per heavy atom. The van der Waals surface area contributed by atoms with Crippen LogP contribution in [0.2, 0.25) is 0 Å². The molecule has 0 aromatic rings. The van der Waals surface area contributed by atoms with Crippen LogP contribution < -0.4 is 0 Å².